The zero-order valence-corrected chi connectivity index (χ0v) is 10.7. The molecule has 0 aliphatic carbocycles. The molecule has 2 saturated heterocycles. The summed E-state index contributed by atoms with van der Waals surface area (Å²) in [5, 5.41) is 9.01. The molecule has 2 atom stereocenters. The SMILES string of the molecule is COC1CCN(C(=O)N2CCC[C@@H](C(=O)O)C2)C1. The van der Waals surface area contributed by atoms with E-state index in [1.54, 1.807) is 16.9 Å². The average molecular weight is 256 g/mol. The van der Waals surface area contributed by atoms with Gasteiger partial charge >= 0.3 is 12.0 Å². The molecule has 0 aromatic heterocycles. The summed E-state index contributed by atoms with van der Waals surface area (Å²) in [5.41, 5.74) is 0. The van der Waals surface area contributed by atoms with Crippen molar-refractivity contribution in [2.75, 3.05) is 33.3 Å². The minimum Gasteiger partial charge on any atom is -0.481 e. The Morgan fingerprint density at radius 1 is 1.17 bits per heavy atom. The van der Waals surface area contributed by atoms with Gasteiger partial charge in [0.25, 0.3) is 0 Å². The summed E-state index contributed by atoms with van der Waals surface area (Å²) in [6.45, 7) is 2.31. The highest BCUT2D eigenvalue weighted by Crippen LogP contribution is 2.20. The Balaban J connectivity index is 1.91. The molecule has 0 aromatic carbocycles. The number of amides is 2. The summed E-state index contributed by atoms with van der Waals surface area (Å²) >= 11 is 0. The van der Waals surface area contributed by atoms with Gasteiger partial charge in [-0.15, -0.1) is 0 Å². The molecule has 102 valence electrons. The number of likely N-dealkylation sites (tertiary alicyclic amines) is 2. The number of hydrogen-bond donors (Lipinski definition) is 1. The van der Waals surface area contributed by atoms with Crippen molar-refractivity contribution >= 4 is 12.0 Å². The molecule has 2 heterocycles. The van der Waals surface area contributed by atoms with Gasteiger partial charge in [-0.1, -0.05) is 0 Å². The third kappa shape index (κ3) is 2.75. The maximum absolute atomic E-state index is 12.2. The molecule has 0 spiro atoms. The monoisotopic (exact) mass is 256 g/mol. The molecule has 0 aromatic rings. The van der Waals surface area contributed by atoms with Crippen molar-refractivity contribution in [2.45, 2.75) is 25.4 Å². The van der Waals surface area contributed by atoms with Crippen molar-refractivity contribution in [3.63, 3.8) is 0 Å². The lowest BCUT2D eigenvalue weighted by Crippen LogP contribution is -2.48. The van der Waals surface area contributed by atoms with Crippen LogP contribution in [0.2, 0.25) is 0 Å². The van der Waals surface area contributed by atoms with E-state index in [1.165, 1.54) is 0 Å². The van der Waals surface area contributed by atoms with Gasteiger partial charge in [-0.05, 0) is 19.3 Å². The van der Waals surface area contributed by atoms with E-state index in [-0.39, 0.29) is 12.1 Å². The molecule has 2 rings (SSSR count). The second-order valence-corrected chi connectivity index (χ2v) is 5.00. The smallest absolute Gasteiger partial charge is 0.320 e. The Morgan fingerprint density at radius 2 is 1.89 bits per heavy atom. The summed E-state index contributed by atoms with van der Waals surface area (Å²) in [6.07, 6.45) is 2.41. The van der Waals surface area contributed by atoms with Gasteiger partial charge in [0, 0.05) is 33.3 Å². The molecule has 0 radical (unpaired) electrons. The number of carbonyl (C=O) groups excluding carboxylic acids is 1. The largest absolute Gasteiger partial charge is 0.481 e. The number of rotatable bonds is 2. The third-order valence-corrected chi connectivity index (χ3v) is 3.79. The number of carboxylic acid groups (broad SMARTS) is 1. The van der Waals surface area contributed by atoms with E-state index >= 15 is 0 Å². The van der Waals surface area contributed by atoms with Crippen molar-refractivity contribution in [1.29, 1.82) is 0 Å². The molecule has 2 amide bonds. The van der Waals surface area contributed by atoms with Crippen LogP contribution in [0.15, 0.2) is 0 Å². The fourth-order valence-corrected chi connectivity index (χ4v) is 2.65. The highest BCUT2D eigenvalue weighted by Gasteiger charge is 2.33. The van der Waals surface area contributed by atoms with Gasteiger partial charge in [-0.3, -0.25) is 4.79 Å². The molecule has 18 heavy (non-hydrogen) atoms. The number of piperidine rings is 1. The van der Waals surface area contributed by atoms with E-state index in [0.717, 1.165) is 12.8 Å². The van der Waals surface area contributed by atoms with Crippen LogP contribution in [0.25, 0.3) is 0 Å². The zero-order chi connectivity index (χ0) is 13.1. The van der Waals surface area contributed by atoms with Crippen LogP contribution in [0.1, 0.15) is 19.3 Å². The van der Waals surface area contributed by atoms with Gasteiger partial charge in [0.15, 0.2) is 0 Å². The molecule has 1 N–H and O–H groups in total. The van der Waals surface area contributed by atoms with Crippen LogP contribution in [-0.2, 0) is 9.53 Å². The lowest BCUT2D eigenvalue weighted by Gasteiger charge is -2.33. The van der Waals surface area contributed by atoms with Gasteiger partial charge < -0.3 is 19.6 Å². The number of carbonyl (C=O) groups is 2. The van der Waals surface area contributed by atoms with Gasteiger partial charge in [0.1, 0.15) is 0 Å². The Labute approximate surface area is 106 Å². The minimum absolute atomic E-state index is 0.0412. The zero-order valence-electron chi connectivity index (χ0n) is 10.7. The van der Waals surface area contributed by atoms with E-state index in [1.807, 2.05) is 0 Å². The second-order valence-electron chi connectivity index (χ2n) is 5.00. The molecule has 2 aliphatic heterocycles. The first-order valence-electron chi connectivity index (χ1n) is 6.41. The normalized spacial score (nSPS) is 28.5. The number of nitrogens with zero attached hydrogens (tertiary/aromatic N) is 2. The standard InChI is InChI=1S/C12H20N2O4/c1-18-10-4-6-14(8-10)12(17)13-5-2-3-9(7-13)11(15)16/h9-10H,2-8H2,1H3,(H,15,16)/t9-,10?/m1/s1. The predicted octanol–water partition coefficient (Wildman–Crippen LogP) is 0.624. The summed E-state index contributed by atoms with van der Waals surface area (Å²) in [5.74, 6) is -1.22. The molecule has 2 aliphatic rings. The fraction of sp³-hybridized carbons (Fsp3) is 0.833. The third-order valence-electron chi connectivity index (χ3n) is 3.79. The van der Waals surface area contributed by atoms with E-state index in [9.17, 15) is 9.59 Å². The van der Waals surface area contributed by atoms with E-state index in [4.69, 9.17) is 9.84 Å². The number of ether oxygens (including phenoxy) is 1. The first-order valence-corrected chi connectivity index (χ1v) is 6.41. The Hall–Kier alpha value is -1.30. The molecule has 0 bridgehead atoms. The fourth-order valence-electron chi connectivity index (χ4n) is 2.65. The Kier molecular flexibility index (Phi) is 4.06. The average Bonchev–Trinajstić information content (AvgIpc) is 2.86. The van der Waals surface area contributed by atoms with Crippen LogP contribution in [0.4, 0.5) is 4.79 Å². The summed E-state index contributed by atoms with van der Waals surface area (Å²) in [6, 6.07) is -0.0412. The lowest BCUT2D eigenvalue weighted by molar-refractivity contribution is -0.143. The van der Waals surface area contributed by atoms with Crippen molar-refractivity contribution in [2.24, 2.45) is 5.92 Å². The maximum Gasteiger partial charge on any atom is 0.320 e. The van der Waals surface area contributed by atoms with Crippen LogP contribution in [-0.4, -0.2) is 66.3 Å². The number of methoxy groups -OCH3 is 1. The summed E-state index contributed by atoms with van der Waals surface area (Å²) in [4.78, 5) is 26.6. The summed E-state index contributed by atoms with van der Waals surface area (Å²) in [7, 11) is 1.65. The Bertz CT molecular complexity index is 334. The van der Waals surface area contributed by atoms with Crippen LogP contribution in [0.3, 0.4) is 0 Å². The highest BCUT2D eigenvalue weighted by atomic mass is 16.5. The van der Waals surface area contributed by atoms with Crippen molar-refractivity contribution in [3.8, 4) is 0 Å². The molecule has 0 saturated carbocycles. The minimum atomic E-state index is -0.802. The topological polar surface area (TPSA) is 70.1 Å². The first-order chi connectivity index (χ1) is 8.61. The molecule has 1 unspecified atom stereocenters. The highest BCUT2D eigenvalue weighted by molar-refractivity contribution is 5.77. The van der Waals surface area contributed by atoms with Crippen LogP contribution >= 0.6 is 0 Å². The van der Waals surface area contributed by atoms with Crippen LogP contribution in [0.5, 0.6) is 0 Å². The van der Waals surface area contributed by atoms with Gasteiger partial charge in [-0.2, -0.15) is 0 Å². The van der Waals surface area contributed by atoms with E-state index in [2.05, 4.69) is 0 Å². The number of aliphatic carboxylic acids is 1. The van der Waals surface area contributed by atoms with E-state index < -0.39 is 11.9 Å². The van der Waals surface area contributed by atoms with Crippen LogP contribution < -0.4 is 0 Å². The quantitative estimate of drug-likeness (QED) is 0.786. The molecule has 6 nitrogen and oxygen atoms in total. The lowest BCUT2D eigenvalue weighted by atomic mass is 9.99. The van der Waals surface area contributed by atoms with Crippen molar-refractivity contribution in [1.82, 2.24) is 9.80 Å². The molecule has 6 heteroatoms. The number of urea groups is 1. The van der Waals surface area contributed by atoms with Gasteiger partial charge in [0.05, 0.1) is 12.0 Å². The molecular formula is C12H20N2O4. The van der Waals surface area contributed by atoms with Gasteiger partial charge in [0.2, 0.25) is 0 Å². The molecule has 2 fully saturated rings. The predicted molar refractivity (Wildman–Crippen MR) is 64.3 cm³/mol. The second kappa shape index (κ2) is 5.56. The van der Waals surface area contributed by atoms with Gasteiger partial charge in [-0.25, -0.2) is 4.79 Å². The summed E-state index contributed by atoms with van der Waals surface area (Å²) < 4.78 is 5.23. The van der Waals surface area contributed by atoms with Crippen molar-refractivity contribution < 1.29 is 19.4 Å². The van der Waals surface area contributed by atoms with Crippen molar-refractivity contribution in [3.05, 3.63) is 0 Å². The first kappa shape index (κ1) is 13.1. The molecular weight excluding hydrogens is 236 g/mol. The van der Waals surface area contributed by atoms with Crippen LogP contribution in [0, 0.1) is 5.92 Å². The maximum atomic E-state index is 12.2. The van der Waals surface area contributed by atoms with E-state index in [0.29, 0.717) is 32.6 Å². The Morgan fingerprint density at radius 3 is 2.50 bits per heavy atom. The number of carboxylic acids is 1. The number of hydrogen-bond acceptors (Lipinski definition) is 3.